The summed E-state index contributed by atoms with van der Waals surface area (Å²) in [5.41, 5.74) is 0. The predicted molar refractivity (Wildman–Crippen MR) is 74.5 cm³/mol. The number of hydrogen-bond donors (Lipinski definition) is 2. The highest BCUT2D eigenvalue weighted by molar-refractivity contribution is 5.85. The fourth-order valence-corrected chi connectivity index (χ4v) is 2.31. The largest absolute Gasteiger partial charge is 0.354 e. The van der Waals surface area contributed by atoms with Crippen LogP contribution in [0.1, 0.15) is 46.5 Å². The first-order chi connectivity index (χ1) is 7.63. The van der Waals surface area contributed by atoms with E-state index in [0.29, 0.717) is 18.4 Å². The van der Waals surface area contributed by atoms with E-state index in [1.807, 2.05) is 0 Å². The van der Waals surface area contributed by atoms with Crippen LogP contribution in [0.5, 0.6) is 0 Å². The number of nitrogens with one attached hydrogen (secondary N) is 2. The lowest BCUT2D eigenvalue weighted by atomic mass is 9.84. The second kappa shape index (κ2) is 8.76. The third-order valence-corrected chi connectivity index (χ3v) is 3.72. The van der Waals surface area contributed by atoms with Crippen molar-refractivity contribution >= 4 is 18.3 Å². The SMILES string of the molecule is CCC(C)NC(=O)CC(C)C1CCNCC1.Cl. The van der Waals surface area contributed by atoms with Gasteiger partial charge >= 0.3 is 0 Å². The zero-order valence-electron chi connectivity index (χ0n) is 11.3. The summed E-state index contributed by atoms with van der Waals surface area (Å²) in [4.78, 5) is 11.7. The second-order valence-electron chi connectivity index (χ2n) is 5.15. The van der Waals surface area contributed by atoms with E-state index < -0.39 is 0 Å². The number of carbonyl (C=O) groups is 1. The van der Waals surface area contributed by atoms with E-state index in [9.17, 15) is 4.79 Å². The third kappa shape index (κ3) is 6.27. The van der Waals surface area contributed by atoms with Gasteiger partial charge in [-0.05, 0) is 51.1 Å². The van der Waals surface area contributed by atoms with E-state index >= 15 is 0 Å². The zero-order chi connectivity index (χ0) is 12.0. The summed E-state index contributed by atoms with van der Waals surface area (Å²) in [6, 6.07) is 0.313. The highest BCUT2D eigenvalue weighted by Crippen LogP contribution is 2.24. The van der Waals surface area contributed by atoms with E-state index in [0.717, 1.165) is 25.4 Å². The summed E-state index contributed by atoms with van der Waals surface area (Å²) in [5, 5.41) is 6.41. The standard InChI is InChI=1S/C13H26N2O.ClH/c1-4-11(3)15-13(16)9-10(2)12-5-7-14-8-6-12;/h10-12,14H,4-9H2,1-3H3,(H,15,16);1H. The first-order valence-electron chi connectivity index (χ1n) is 6.63. The number of piperidine rings is 1. The Labute approximate surface area is 112 Å². The average Bonchev–Trinajstić information content (AvgIpc) is 2.29. The minimum Gasteiger partial charge on any atom is -0.354 e. The number of amides is 1. The molecule has 0 radical (unpaired) electrons. The van der Waals surface area contributed by atoms with Gasteiger partial charge in [0.2, 0.25) is 5.91 Å². The smallest absolute Gasteiger partial charge is 0.220 e. The Morgan fingerprint density at radius 2 is 1.94 bits per heavy atom. The fraction of sp³-hybridized carbons (Fsp3) is 0.923. The van der Waals surface area contributed by atoms with Gasteiger partial charge in [0.1, 0.15) is 0 Å². The fourth-order valence-electron chi connectivity index (χ4n) is 2.31. The third-order valence-electron chi connectivity index (χ3n) is 3.72. The van der Waals surface area contributed by atoms with E-state index in [1.165, 1.54) is 12.8 Å². The summed E-state index contributed by atoms with van der Waals surface area (Å²) < 4.78 is 0. The van der Waals surface area contributed by atoms with Gasteiger partial charge in [-0.25, -0.2) is 0 Å². The summed E-state index contributed by atoms with van der Waals surface area (Å²) in [7, 11) is 0. The monoisotopic (exact) mass is 262 g/mol. The molecule has 3 nitrogen and oxygen atoms in total. The molecule has 1 fully saturated rings. The molecule has 17 heavy (non-hydrogen) atoms. The molecule has 0 aromatic rings. The summed E-state index contributed by atoms with van der Waals surface area (Å²) >= 11 is 0. The van der Waals surface area contributed by atoms with Crippen LogP contribution in [0.3, 0.4) is 0 Å². The van der Waals surface area contributed by atoms with Crippen LogP contribution < -0.4 is 10.6 Å². The number of hydrogen-bond acceptors (Lipinski definition) is 2. The van der Waals surface area contributed by atoms with Crippen LogP contribution in [0.2, 0.25) is 0 Å². The molecular weight excluding hydrogens is 236 g/mol. The van der Waals surface area contributed by atoms with Gasteiger partial charge in [-0.15, -0.1) is 12.4 Å². The summed E-state index contributed by atoms with van der Waals surface area (Å²) in [5.74, 6) is 1.47. The number of rotatable bonds is 5. The molecule has 0 bridgehead atoms. The highest BCUT2D eigenvalue weighted by atomic mass is 35.5. The molecule has 2 atom stereocenters. The van der Waals surface area contributed by atoms with Crippen molar-refractivity contribution in [2.75, 3.05) is 13.1 Å². The van der Waals surface area contributed by atoms with Crippen LogP contribution in [0.25, 0.3) is 0 Å². The minimum absolute atomic E-state index is 0. The van der Waals surface area contributed by atoms with Crippen molar-refractivity contribution in [2.24, 2.45) is 11.8 Å². The zero-order valence-corrected chi connectivity index (χ0v) is 12.1. The van der Waals surface area contributed by atoms with Crippen LogP contribution in [0.15, 0.2) is 0 Å². The Bertz CT molecular complexity index is 217. The van der Waals surface area contributed by atoms with E-state index in [4.69, 9.17) is 0 Å². The van der Waals surface area contributed by atoms with Gasteiger partial charge in [-0.3, -0.25) is 4.79 Å². The maximum atomic E-state index is 11.7. The molecule has 0 aliphatic carbocycles. The van der Waals surface area contributed by atoms with Gasteiger partial charge in [0, 0.05) is 12.5 Å². The van der Waals surface area contributed by atoms with Crippen molar-refractivity contribution in [3.63, 3.8) is 0 Å². The molecule has 2 N–H and O–H groups in total. The van der Waals surface area contributed by atoms with E-state index in [-0.39, 0.29) is 18.3 Å². The van der Waals surface area contributed by atoms with Crippen molar-refractivity contribution in [2.45, 2.75) is 52.5 Å². The van der Waals surface area contributed by atoms with Gasteiger partial charge in [0.05, 0.1) is 0 Å². The molecule has 0 saturated carbocycles. The lowest BCUT2D eigenvalue weighted by Gasteiger charge is -2.28. The molecule has 1 heterocycles. The Kier molecular flexibility index (Phi) is 8.61. The maximum absolute atomic E-state index is 11.7. The molecule has 102 valence electrons. The van der Waals surface area contributed by atoms with E-state index in [2.05, 4.69) is 31.4 Å². The van der Waals surface area contributed by atoms with Crippen molar-refractivity contribution in [1.29, 1.82) is 0 Å². The van der Waals surface area contributed by atoms with Crippen LogP contribution in [0, 0.1) is 11.8 Å². The van der Waals surface area contributed by atoms with Gasteiger partial charge < -0.3 is 10.6 Å². The van der Waals surface area contributed by atoms with Crippen molar-refractivity contribution in [3.8, 4) is 0 Å². The topological polar surface area (TPSA) is 41.1 Å². The molecule has 1 rings (SSSR count). The molecule has 1 saturated heterocycles. The maximum Gasteiger partial charge on any atom is 0.220 e. The summed E-state index contributed by atoms with van der Waals surface area (Å²) in [6.45, 7) is 8.60. The minimum atomic E-state index is 0. The Hall–Kier alpha value is -0.280. The lowest BCUT2D eigenvalue weighted by molar-refractivity contribution is -0.123. The summed E-state index contributed by atoms with van der Waals surface area (Å²) in [6.07, 6.45) is 4.14. The molecule has 1 aliphatic heterocycles. The first-order valence-corrected chi connectivity index (χ1v) is 6.63. The Morgan fingerprint density at radius 3 is 2.47 bits per heavy atom. The van der Waals surface area contributed by atoms with Crippen molar-refractivity contribution < 1.29 is 4.79 Å². The van der Waals surface area contributed by atoms with E-state index in [1.54, 1.807) is 0 Å². The van der Waals surface area contributed by atoms with Crippen LogP contribution >= 0.6 is 12.4 Å². The molecule has 4 heteroatoms. The first kappa shape index (κ1) is 16.7. The molecule has 2 unspecified atom stereocenters. The van der Waals surface area contributed by atoms with Crippen molar-refractivity contribution in [1.82, 2.24) is 10.6 Å². The number of carbonyl (C=O) groups excluding carboxylic acids is 1. The van der Waals surface area contributed by atoms with Gasteiger partial charge in [0.15, 0.2) is 0 Å². The van der Waals surface area contributed by atoms with Crippen LogP contribution in [-0.4, -0.2) is 25.0 Å². The van der Waals surface area contributed by atoms with Crippen LogP contribution in [0.4, 0.5) is 0 Å². The second-order valence-corrected chi connectivity index (χ2v) is 5.15. The van der Waals surface area contributed by atoms with Gasteiger partial charge in [-0.1, -0.05) is 13.8 Å². The quantitative estimate of drug-likeness (QED) is 0.799. The molecule has 1 amide bonds. The normalized spacial score (nSPS) is 20.2. The van der Waals surface area contributed by atoms with Gasteiger partial charge in [0.25, 0.3) is 0 Å². The van der Waals surface area contributed by atoms with Gasteiger partial charge in [-0.2, -0.15) is 0 Å². The van der Waals surface area contributed by atoms with Crippen molar-refractivity contribution in [3.05, 3.63) is 0 Å². The molecular formula is C13H27ClN2O. The number of halogens is 1. The molecule has 0 aromatic carbocycles. The molecule has 0 aromatic heterocycles. The lowest BCUT2D eigenvalue weighted by Crippen LogP contribution is -2.36. The molecule has 1 aliphatic rings. The predicted octanol–water partition coefficient (Wildman–Crippen LogP) is 2.35. The molecule has 0 spiro atoms. The highest BCUT2D eigenvalue weighted by Gasteiger charge is 2.22. The Morgan fingerprint density at radius 1 is 1.35 bits per heavy atom. The Balaban J connectivity index is 0.00000256. The average molecular weight is 263 g/mol. The van der Waals surface area contributed by atoms with Crippen LogP contribution in [-0.2, 0) is 4.79 Å².